The normalized spacial score (nSPS) is 10.8. The molecule has 2 rings (SSSR count). The van der Waals surface area contributed by atoms with Crippen LogP contribution in [0.5, 0.6) is 5.75 Å². The third-order valence-corrected chi connectivity index (χ3v) is 3.19. The van der Waals surface area contributed by atoms with Crippen molar-refractivity contribution in [3.8, 4) is 5.75 Å². The summed E-state index contributed by atoms with van der Waals surface area (Å²) in [7, 11) is 0. The molecular weight excluding hydrogens is 266 g/mol. The summed E-state index contributed by atoms with van der Waals surface area (Å²) in [4.78, 5) is 4.26. The molecule has 0 saturated heterocycles. The van der Waals surface area contributed by atoms with Crippen LogP contribution in [0.3, 0.4) is 0 Å². The van der Waals surface area contributed by atoms with Crippen molar-refractivity contribution in [2.24, 2.45) is 0 Å². The van der Waals surface area contributed by atoms with Gasteiger partial charge in [-0.05, 0) is 25.5 Å². The van der Waals surface area contributed by atoms with Gasteiger partial charge in [-0.2, -0.15) is 4.98 Å². The molecule has 1 N–H and O–H groups in total. The molecule has 2 aromatic rings. The lowest BCUT2D eigenvalue weighted by molar-refractivity contribution is 0.280. The highest BCUT2D eigenvalue weighted by molar-refractivity contribution is 5.40. The van der Waals surface area contributed by atoms with Gasteiger partial charge in [-0.3, -0.25) is 0 Å². The Morgan fingerprint density at radius 1 is 1.29 bits per heavy atom. The number of nitrogens with zero attached hydrogens (tertiary/aromatic N) is 2. The lowest BCUT2D eigenvalue weighted by atomic mass is 10.1. The standard InChI is InChI=1S/C16H23N3O2/c1-4-9-17-10-13-8-6-7-12(3)16(13)20-11-14-18-15(5-2)21-19-14/h6-8,17H,4-5,9-11H2,1-3H3. The van der Waals surface area contributed by atoms with E-state index in [9.17, 15) is 0 Å². The van der Waals surface area contributed by atoms with Gasteiger partial charge in [0.25, 0.3) is 0 Å². The van der Waals surface area contributed by atoms with Crippen molar-refractivity contribution in [2.45, 2.75) is 46.8 Å². The highest BCUT2D eigenvalue weighted by Gasteiger charge is 2.10. The zero-order valence-electron chi connectivity index (χ0n) is 13.0. The SMILES string of the molecule is CCCNCc1cccc(C)c1OCc1noc(CC)n1. The van der Waals surface area contributed by atoms with Gasteiger partial charge in [0.2, 0.25) is 11.7 Å². The van der Waals surface area contributed by atoms with Gasteiger partial charge in [0.1, 0.15) is 5.75 Å². The Morgan fingerprint density at radius 3 is 2.86 bits per heavy atom. The van der Waals surface area contributed by atoms with Crippen molar-refractivity contribution in [2.75, 3.05) is 6.54 Å². The molecule has 1 heterocycles. The van der Waals surface area contributed by atoms with E-state index < -0.39 is 0 Å². The van der Waals surface area contributed by atoms with Gasteiger partial charge in [0.15, 0.2) is 6.61 Å². The number of hydrogen-bond donors (Lipinski definition) is 1. The van der Waals surface area contributed by atoms with Crippen molar-refractivity contribution < 1.29 is 9.26 Å². The molecule has 0 amide bonds. The first-order valence-electron chi connectivity index (χ1n) is 7.48. The fraction of sp³-hybridized carbons (Fsp3) is 0.500. The highest BCUT2D eigenvalue weighted by Crippen LogP contribution is 2.24. The number of ether oxygens (including phenoxy) is 1. The minimum absolute atomic E-state index is 0.329. The van der Waals surface area contributed by atoms with E-state index in [1.54, 1.807) is 0 Å². The topological polar surface area (TPSA) is 60.2 Å². The lowest BCUT2D eigenvalue weighted by Crippen LogP contribution is -2.15. The maximum atomic E-state index is 5.92. The van der Waals surface area contributed by atoms with Crippen LogP contribution in [0.4, 0.5) is 0 Å². The fourth-order valence-electron chi connectivity index (χ4n) is 2.09. The van der Waals surface area contributed by atoms with Crippen LogP contribution < -0.4 is 10.1 Å². The van der Waals surface area contributed by atoms with Crippen molar-refractivity contribution >= 4 is 0 Å². The Morgan fingerprint density at radius 2 is 2.14 bits per heavy atom. The Balaban J connectivity index is 2.03. The van der Waals surface area contributed by atoms with E-state index in [0.717, 1.165) is 42.8 Å². The van der Waals surface area contributed by atoms with Gasteiger partial charge in [0.05, 0.1) is 0 Å². The van der Waals surface area contributed by atoms with Crippen molar-refractivity contribution in [3.63, 3.8) is 0 Å². The number of rotatable bonds is 8. The predicted molar refractivity (Wildman–Crippen MR) is 81.2 cm³/mol. The van der Waals surface area contributed by atoms with Gasteiger partial charge in [-0.15, -0.1) is 0 Å². The van der Waals surface area contributed by atoms with Gasteiger partial charge in [0, 0.05) is 18.5 Å². The molecule has 0 aliphatic rings. The summed E-state index contributed by atoms with van der Waals surface area (Å²) in [5, 5.41) is 7.31. The Kier molecular flexibility index (Phi) is 5.75. The minimum atomic E-state index is 0.329. The van der Waals surface area contributed by atoms with E-state index >= 15 is 0 Å². The molecule has 0 atom stereocenters. The van der Waals surface area contributed by atoms with E-state index in [-0.39, 0.29) is 0 Å². The van der Waals surface area contributed by atoms with Gasteiger partial charge in [-0.1, -0.05) is 37.2 Å². The summed E-state index contributed by atoms with van der Waals surface area (Å²) in [6.45, 7) is 8.32. The summed E-state index contributed by atoms with van der Waals surface area (Å²) in [5.74, 6) is 2.13. The summed E-state index contributed by atoms with van der Waals surface area (Å²) in [5.41, 5.74) is 2.27. The van der Waals surface area contributed by atoms with Crippen LogP contribution in [-0.2, 0) is 19.6 Å². The first-order valence-corrected chi connectivity index (χ1v) is 7.48. The summed E-state index contributed by atoms with van der Waals surface area (Å²) in [6.07, 6.45) is 1.86. The van der Waals surface area contributed by atoms with Crippen LogP contribution in [0.25, 0.3) is 0 Å². The Bertz CT molecular complexity index is 566. The van der Waals surface area contributed by atoms with Crippen LogP contribution in [0, 0.1) is 6.92 Å². The van der Waals surface area contributed by atoms with E-state index in [1.807, 2.05) is 19.9 Å². The lowest BCUT2D eigenvalue weighted by Gasteiger charge is -2.13. The highest BCUT2D eigenvalue weighted by atomic mass is 16.5. The molecule has 1 aromatic heterocycles. The van der Waals surface area contributed by atoms with E-state index in [2.05, 4.69) is 34.5 Å². The molecule has 1 aromatic carbocycles. The quantitative estimate of drug-likeness (QED) is 0.757. The smallest absolute Gasteiger partial charge is 0.226 e. The molecular formula is C16H23N3O2. The van der Waals surface area contributed by atoms with Crippen LogP contribution in [0.1, 0.15) is 43.1 Å². The molecule has 5 heteroatoms. The van der Waals surface area contributed by atoms with Crippen LogP contribution in [0.2, 0.25) is 0 Å². The number of aryl methyl sites for hydroxylation is 2. The molecule has 0 spiro atoms. The van der Waals surface area contributed by atoms with Crippen molar-refractivity contribution in [1.29, 1.82) is 0 Å². The second kappa shape index (κ2) is 7.78. The second-order valence-corrected chi connectivity index (χ2v) is 4.99. The number of benzene rings is 1. The maximum Gasteiger partial charge on any atom is 0.226 e. The Hall–Kier alpha value is -1.88. The average Bonchev–Trinajstić information content (AvgIpc) is 2.95. The molecule has 0 radical (unpaired) electrons. The molecule has 114 valence electrons. The van der Waals surface area contributed by atoms with Crippen molar-refractivity contribution in [3.05, 3.63) is 41.0 Å². The first kappa shape index (κ1) is 15.5. The van der Waals surface area contributed by atoms with Crippen molar-refractivity contribution in [1.82, 2.24) is 15.5 Å². The molecule has 0 fully saturated rings. The summed E-state index contributed by atoms with van der Waals surface area (Å²) < 4.78 is 11.0. The zero-order chi connectivity index (χ0) is 15.1. The van der Waals surface area contributed by atoms with E-state index in [1.165, 1.54) is 0 Å². The molecule has 0 bridgehead atoms. The van der Waals surface area contributed by atoms with Gasteiger partial charge < -0.3 is 14.6 Å². The van der Waals surface area contributed by atoms with Crippen LogP contribution >= 0.6 is 0 Å². The number of aromatic nitrogens is 2. The Labute approximate surface area is 125 Å². The molecule has 0 aliphatic heterocycles. The molecule has 21 heavy (non-hydrogen) atoms. The molecule has 0 aliphatic carbocycles. The fourth-order valence-corrected chi connectivity index (χ4v) is 2.09. The van der Waals surface area contributed by atoms with Gasteiger partial charge >= 0.3 is 0 Å². The second-order valence-electron chi connectivity index (χ2n) is 4.99. The summed E-state index contributed by atoms with van der Waals surface area (Å²) >= 11 is 0. The first-order chi connectivity index (χ1) is 10.2. The zero-order valence-corrected chi connectivity index (χ0v) is 13.0. The maximum absolute atomic E-state index is 5.92. The largest absolute Gasteiger partial charge is 0.485 e. The average molecular weight is 289 g/mol. The third kappa shape index (κ3) is 4.29. The van der Waals surface area contributed by atoms with Crippen LogP contribution in [0.15, 0.2) is 22.7 Å². The van der Waals surface area contributed by atoms with Gasteiger partial charge in [-0.25, -0.2) is 0 Å². The summed E-state index contributed by atoms with van der Waals surface area (Å²) in [6, 6.07) is 6.18. The molecule has 0 saturated carbocycles. The van der Waals surface area contributed by atoms with Crippen LogP contribution in [-0.4, -0.2) is 16.7 Å². The molecule has 0 unspecified atom stereocenters. The minimum Gasteiger partial charge on any atom is -0.485 e. The van der Waals surface area contributed by atoms with E-state index in [4.69, 9.17) is 9.26 Å². The number of para-hydroxylation sites is 1. The number of nitrogens with one attached hydrogen (secondary N) is 1. The van der Waals surface area contributed by atoms with E-state index in [0.29, 0.717) is 18.3 Å². The number of hydrogen-bond acceptors (Lipinski definition) is 5. The predicted octanol–water partition coefficient (Wildman–Crippen LogP) is 3.02. The monoisotopic (exact) mass is 289 g/mol. The third-order valence-electron chi connectivity index (χ3n) is 3.19. The molecule has 5 nitrogen and oxygen atoms in total.